The largest absolute Gasteiger partial charge is 0.493 e. The van der Waals surface area contributed by atoms with E-state index in [0.717, 1.165) is 10.4 Å². The summed E-state index contributed by atoms with van der Waals surface area (Å²) in [5, 5.41) is 4.68. The first-order valence-corrected chi connectivity index (χ1v) is 11.4. The SMILES string of the molecule is COc1cc(C)c(NC(=O)c2cccc(S(=O)(=O)NCc3cccs3)c2)cc1OC. The summed E-state index contributed by atoms with van der Waals surface area (Å²) in [7, 11) is -0.707. The molecule has 2 N–H and O–H groups in total. The number of ether oxygens (including phenoxy) is 2. The normalized spacial score (nSPS) is 11.2. The maximum Gasteiger partial charge on any atom is 0.255 e. The Kier molecular flexibility index (Phi) is 6.76. The summed E-state index contributed by atoms with van der Waals surface area (Å²) < 4.78 is 38.3. The Bertz CT molecular complexity index is 1140. The van der Waals surface area contributed by atoms with E-state index in [4.69, 9.17) is 9.47 Å². The van der Waals surface area contributed by atoms with Gasteiger partial charge in [0.1, 0.15) is 0 Å². The third kappa shape index (κ3) is 4.99. The van der Waals surface area contributed by atoms with E-state index in [0.29, 0.717) is 17.2 Å². The molecule has 7 nitrogen and oxygen atoms in total. The number of hydrogen-bond donors (Lipinski definition) is 2. The summed E-state index contributed by atoms with van der Waals surface area (Å²) in [6, 6.07) is 13.0. The van der Waals surface area contributed by atoms with Crippen LogP contribution in [0.15, 0.2) is 58.8 Å². The lowest BCUT2D eigenvalue weighted by Gasteiger charge is -2.14. The fourth-order valence-corrected chi connectivity index (χ4v) is 4.56. The number of anilines is 1. The van der Waals surface area contributed by atoms with Gasteiger partial charge >= 0.3 is 0 Å². The number of sulfonamides is 1. The highest BCUT2D eigenvalue weighted by molar-refractivity contribution is 7.89. The average molecular weight is 447 g/mol. The number of carbonyl (C=O) groups is 1. The van der Waals surface area contributed by atoms with Crippen LogP contribution < -0.4 is 19.5 Å². The molecular weight excluding hydrogens is 424 g/mol. The summed E-state index contributed by atoms with van der Waals surface area (Å²) in [5.41, 5.74) is 1.55. The molecule has 0 saturated carbocycles. The lowest BCUT2D eigenvalue weighted by molar-refractivity contribution is 0.102. The van der Waals surface area contributed by atoms with Gasteiger partial charge in [0.15, 0.2) is 11.5 Å². The number of benzene rings is 2. The minimum atomic E-state index is -3.75. The molecule has 1 amide bonds. The zero-order chi connectivity index (χ0) is 21.7. The van der Waals surface area contributed by atoms with Gasteiger partial charge in [0.25, 0.3) is 5.91 Å². The van der Waals surface area contributed by atoms with Gasteiger partial charge in [-0.3, -0.25) is 4.79 Å². The Balaban J connectivity index is 1.79. The van der Waals surface area contributed by atoms with Crippen LogP contribution in [0.25, 0.3) is 0 Å². The van der Waals surface area contributed by atoms with Gasteiger partial charge in [-0.1, -0.05) is 12.1 Å². The van der Waals surface area contributed by atoms with E-state index in [1.807, 2.05) is 24.4 Å². The highest BCUT2D eigenvalue weighted by Gasteiger charge is 2.17. The molecule has 3 aromatic rings. The van der Waals surface area contributed by atoms with Crippen LogP contribution in [-0.4, -0.2) is 28.5 Å². The molecule has 0 atom stereocenters. The van der Waals surface area contributed by atoms with E-state index in [-0.39, 0.29) is 17.0 Å². The molecule has 2 aromatic carbocycles. The summed E-state index contributed by atoms with van der Waals surface area (Å²) >= 11 is 1.46. The first kappa shape index (κ1) is 21.8. The average Bonchev–Trinajstić information content (AvgIpc) is 3.27. The van der Waals surface area contributed by atoms with Crippen molar-refractivity contribution in [3.63, 3.8) is 0 Å². The molecule has 1 heterocycles. The molecule has 1 aromatic heterocycles. The molecule has 0 aliphatic carbocycles. The maximum atomic E-state index is 12.7. The van der Waals surface area contributed by atoms with E-state index in [1.165, 1.54) is 43.8 Å². The molecule has 0 aliphatic rings. The quantitative estimate of drug-likeness (QED) is 0.549. The van der Waals surface area contributed by atoms with Crippen molar-refractivity contribution in [1.82, 2.24) is 4.72 Å². The van der Waals surface area contributed by atoms with Crippen molar-refractivity contribution in [2.75, 3.05) is 19.5 Å². The fourth-order valence-electron chi connectivity index (χ4n) is 2.78. The monoisotopic (exact) mass is 446 g/mol. The van der Waals surface area contributed by atoms with Gasteiger partial charge in [-0.25, -0.2) is 13.1 Å². The molecule has 0 bridgehead atoms. The number of amides is 1. The van der Waals surface area contributed by atoms with Gasteiger partial charge in [0.05, 0.1) is 19.1 Å². The first-order chi connectivity index (χ1) is 14.3. The molecule has 30 heavy (non-hydrogen) atoms. The molecular formula is C21H22N2O5S2. The molecule has 0 fully saturated rings. The zero-order valence-electron chi connectivity index (χ0n) is 16.8. The van der Waals surface area contributed by atoms with Crippen LogP contribution >= 0.6 is 11.3 Å². The standard InChI is InChI=1S/C21H22N2O5S2/c1-14-10-19(27-2)20(28-3)12-18(14)23-21(24)15-6-4-8-17(11-15)30(25,26)22-13-16-7-5-9-29-16/h4-12,22H,13H2,1-3H3,(H,23,24). The van der Waals surface area contributed by atoms with Gasteiger partial charge in [-0.05, 0) is 48.2 Å². The molecule has 0 unspecified atom stereocenters. The van der Waals surface area contributed by atoms with Crippen LogP contribution in [0.2, 0.25) is 0 Å². The van der Waals surface area contributed by atoms with Crippen LogP contribution in [0.5, 0.6) is 11.5 Å². The molecule has 3 rings (SSSR count). The highest BCUT2D eigenvalue weighted by atomic mass is 32.2. The van der Waals surface area contributed by atoms with Crippen molar-refractivity contribution in [2.45, 2.75) is 18.4 Å². The van der Waals surface area contributed by atoms with E-state index in [1.54, 1.807) is 18.2 Å². The maximum absolute atomic E-state index is 12.7. The Hall–Kier alpha value is -2.88. The number of rotatable bonds is 8. The first-order valence-electron chi connectivity index (χ1n) is 9.00. The molecule has 158 valence electrons. The summed E-state index contributed by atoms with van der Waals surface area (Å²) in [5.74, 6) is 0.603. The molecule has 0 spiro atoms. The van der Waals surface area contributed by atoms with E-state index in [9.17, 15) is 13.2 Å². The van der Waals surface area contributed by atoms with Crippen LogP contribution in [0.1, 0.15) is 20.8 Å². The second-order valence-corrected chi connectivity index (χ2v) is 9.21. The second-order valence-electron chi connectivity index (χ2n) is 6.41. The Morgan fingerprint density at radius 1 is 1.03 bits per heavy atom. The van der Waals surface area contributed by atoms with Crippen LogP contribution in [0.3, 0.4) is 0 Å². The minimum absolute atomic E-state index is 0.0238. The van der Waals surface area contributed by atoms with E-state index < -0.39 is 15.9 Å². The third-order valence-electron chi connectivity index (χ3n) is 4.40. The van der Waals surface area contributed by atoms with Crippen molar-refractivity contribution >= 4 is 33.0 Å². The van der Waals surface area contributed by atoms with Crippen LogP contribution in [-0.2, 0) is 16.6 Å². The van der Waals surface area contributed by atoms with Crippen LogP contribution in [0.4, 0.5) is 5.69 Å². The van der Waals surface area contributed by atoms with Gasteiger partial charge in [-0.15, -0.1) is 11.3 Å². The van der Waals surface area contributed by atoms with Gasteiger partial charge < -0.3 is 14.8 Å². The van der Waals surface area contributed by atoms with Crippen molar-refractivity contribution in [3.8, 4) is 11.5 Å². The number of nitrogens with one attached hydrogen (secondary N) is 2. The summed E-state index contributed by atoms with van der Waals surface area (Å²) in [6.45, 7) is 2.02. The zero-order valence-corrected chi connectivity index (χ0v) is 18.4. The van der Waals surface area contributed by atoms with E-state index >= 15 is 0 Å². The Morgan fingerprint density at radius 2 is 1.77 bits per heavy atom. The molecule has 0 radical (unpaired) electrons. The number of methoxy groups -OCH3 is 2. The van der Waals surface area contributed by atoms with Crippen LogP contribution in [0, 0.1) is 6.92 Å². The molecule has 0 aliphatic heterocycles. The van der Waals surface area contributed by atoms with Gasteiger partial charge in [0.2, 0.25) is 10.0 Å². The topological polar surface area (TPSA) is 93.7 Å². The smallest absolute Gasteiger partial charge is 0.255 e. The summed E-state index contributed by atoms with van der Waals surface area (Å²) in [4.78, 5) is 13.7. The van der Waals surface area contributed by atoms with Gasteiger partial charge in [0, 0.05) is 28.7 Å². The lowest BCUT2D eigenvalue weighted by Crippen LogP contribution is -2.23. The lowest BCUT2D eigenvalue weighted by atomic mass is 10.1. The third-order valence-corrected chi connectivity index (χ3v) is 6.68. The van der Waals surface area contributed by atoms with Crippen molar-refractivity contribution in [3.05, 3.63) is 69.9 Å². The number of carbonyl (C=O) groups excluding carboxylic acids is 1. The highest BCUT2D eigenvalue weighted by Crippen LogP contribution is 2.33. The number of aryl methyl sites for hydroxylation is 1. The predicted octanol–water partition coefficient (Wildman–Crippen LogP) is 3.80. The van der Waals surface area contributed by atoms with Crippen molar-refractivity contribution < 1.29 is 22.7 Å². The number of thiophene rings is 1. The minimum Gasteiger partial charge on any atom is -0.493 e. The Labute approximate surface area is 179 Å². The van der Waals surface area contributed by atoms with E-state index in [2.05, 4.69) is 10.0 Å². The van der Waals surface area contributed by atoms with Crippen molar-refractivity contribution in [1.29, 1.82) is 0 Å². The predicted molar refractivity (Wildman–Crippen MR) is 117 cm³/mol. The summed E-state index contributed by atoms with van der Waals surface area (Å²) in [6.07, 6.45) is 0. The molecule has 9 heteroatoms. The van der Waals surface area contributed by atoms with Crippen molar-refractivity contribution in [2.24, 2.45) is 0 Å². The fraction of sp³-hybridized carbons (Fsp3) is 0.190. The van der Waals surface area contributed by atoms with Gasteiger partial charge in [-0.2, -0.15) is 0 Å². The number of hydrogen-bond acceptors (Lipinski definition) is 6. The second kappa shape index (κ2) is 9.29. The Morgan fingerprint density at radius 3 is 2.43 bits per heavy atom. The molecule has 0 saturated heterocycles.